The van der Waals surface area contributed by atoms with E-state index < -0.39 is 24.3 Å². The number of nitrogens with zero attached hydrogens (tertiary/aromatic N) is 1. The first-order valence-corrected chi connectivity index (χ1v) is 8.38. The third-order valence-electron chi connectivity index (χ3n) is 4.60. The smallest absolute Gasteiger partial charge is 0.431 e. The Morgan fingerprint density at radius 3 is 2.32 bits per heavy atom. The summed E-state index contributed by atoms with van der Waals surface area (Å²) in [7, 11) is 1.51. The van der Waals surface area contributed by atoms with E-state index in [0.717, 1.165) is 17.0 Å². The Bertz CT molecular complexity index is 879. The van der Waals surface area contributed by atoms with E-state index in [2.05, 4.69) is 6.58 Å². The minimum atomic E-state index is -4.97. The van der Waals surface area contributed by atoms with Crippen LogP contribution in [0.25, 0.3) is 0 Å². The number of morpholine rings is 1. The van der Waals surface area contributed by atoms with E-state index in [1.165, 1.54) is 19.2 Å². The third kappa shape index (κ3) is 3.31. The number of hydrogen-bond donors (Lipinski definition) is 1. The second-order valence-electron chi connectivity index (χ2n) is 6.40. The average Bonchev–Trinajstić information content (AvgIpc) is 2.66. The minimum Gasteiger partial charge on any atom is -0.497 e. The Morgan fingerprint density at radius 1 is 1.18 bits per heavy atom. The molecule has 0 saturated carbocycles. The number of ether oxygens (including phenoxy) is 2. The summed E-state index contributed by atoms with van der Waals surface area (Å²) in [5.41, 5.74) is 3.19. The van der Waals surface area contributed by atoms with Crippen LogP contribution in [0.1, 0.15) is 11.1 Å². The lowest BCUT2D eigenvalue weighted by Gasteiger charge is -2.43. The zero-order chi connectivity index (χ0) is 20.5. The SMILES string of the molecule is C=C1CO[C@](c2ccc(N)cc2)(C(F)(F)F)C(=O)N1Cc1ccc(OC)cc1. The number of benzene rings is 2. The van der Waals surface area contributed by atoms with Crippen LogP contribution in [0.5, 0.6) is 5.75 Å². The van der Waals surface area contributed by atoms with Gasteiger partial charge < -0.3 is 20.1 Å². The van der Waals surface area contributed by atoms with Crippen molar-refractivity contribution in [2.24, 2.45) is 0 Å². The normalized spacial score (nSPS) is 20.4. The molecule has 148 valence electrons. The molecule has 1 fully saturated rings. The maximum atomic E-state index is 14.1. The summed E-state index contributed by atoms with van der Waals surface area (Å²) in [5, 5.41) is 0. The molecule has 2 N–H and O–H groups in total. The lowest BCUT2D eigenvalue weighted by Crippen LogP contribution is -2.60. The molecule has 1 heterocycles. The Hall–Kier alpha value is -3.00. The van der Waals surface area contributed by atoms with Gasteiger partial charge in [0.2, 0.25) is 0 Å². The van der Waals surface area contributed by atoms with Crippen LogP contribution in [-0.4, -0.2) is 30.7 Å². The molecule has 0 unspecified atom stereocenters. The van der Waals surface area contributed by atoms with Crippen molar-refractivity contribution in [2.45, 2.75) is 18.3 Å². The molecular weight excluding hydrogens is 373 g/mol. The van der Waals surface area contributed by atoms with E-state index in [9.17, 15) is 18.0 Å². The molecule has 0 radical (unpaired) electrons. The topological polar surface area (TPSA) is 64.8 Å². The standard InChI is InChI=1S/C20H19F3N2O3/c1-13-12-28-19(20(21,22)23,15-5-7-16(24)8-6-15)18(26)25(13)11-14-3-9-17(27-2)10-4-14/h3-10H,1,11-12,24H2,2H3/t19-/m0/s1. The fourth-order valence-corrected chi connectivity index (χ4v) is 3.05. The number of nitrogens with two attached hydrogens (primary N) is 1. The number of carbonyl (C=O) groups excluding carboxylic acids is 1. The number of carbonyl (C=O) groups is 1. The molecule has 1 saturated heterocycles. The summed E-state index contributed by atoms with van der Waals surface area (Å²) < 4.78 is 52.5. The van der Waals surface area contributed by atoms with Crippen LogP contribution in [0, 0.1) is 0 Å². The van der Waals surface area contributed by atoms with Gasteiger partial charge in [-0.25, -0.2) is 0 Å². The summed E-state index contributed by atoms with van der Waals surface area (Å²) in [6, 6.07) is 11.6. The second kappa shape index (κ2) is 7.20. The van der Waals surface area contributed by atoms with Crippen molar-refractivity contribution in [2.75, 3.05) is 19.5 Å². The van der Waals surface area contributed by atoms with Gasteiger partial charge in [0.1, 0.15) is 5.75 Å². The Morgan fingerprint density at radius 2 is 1.79 bits per heavy atom. The van der Waals surface area contributed by atoms with Crippen LogP contribution in [0.2, 0.25) is 0 Å². The van der Waals surface area contributed by atoms with E-state index in [1.807, 2.05) is 0 Å². The third-order valence-corrected chi connectivity index (χ3v) is 4.60. The zero-order valence-electron chi connectivity index (χ0n) is 15.1. The molecule has 28 heavy (non-hydrogen) atoms. The zero-order valence-corrected chi connectivity index (χ0v) is 15.1. The average molecular weight is 392 g/mol. The quantitative estimate of drug-likeness (QED) is 0.808. The number of anilines is 1. The van der Waals surface area contributed by atoms with E-state index in [0.29, 0.717) is 11.3 Å². The van der Waals surface area contributed by atoms with Gasteiger partial charge in [-0.3, -0.25) is 4.79 Å². The van der Waals surface area contributed by atoms with Crippen molar-refractivity contribution < 1.29 is 27.4 Å². The fourth-order valence-electron chi connectivity index (χ4n) is 3.05. The summed E-state index contributed by atoms with van der Waals surface area (Å²) >= 11 is 0. The molecule has 0 aromatic heterocycles. The van der Waals surface area contributed by atoms with Gasteiger partial charge in [0, 0.05) is 16.9 Å². The molecule has 0 aliphatic carbocycles. The predicted octanol–water partition coefficient (Wildman–Crippen LogP) is 3.61. The van der Waals surface area contributed by atoms with Crippen LogP contribution in [0.4, 0.5) is 18.9 Å². The molecule has 3 rings (SSSR count). The molecule has 1 amide bonds. The molecule has 1 aliphatic rings. The second-order valence-corrected chi connectivity index (χ2v) is 6.40. The first-order valence-electron chi connectivity index (χ1n) is 8.38. The van der Waals surface area contributed by atoms with Gasteiger partial charge in [-0.1, -0.05) is 30.8 Å². The summed E-state index contributed by atoms with van der Waals surface area (Å²) in [6.45, 7) is 3.19. The van der Waals surface area contributed by atoms with E-state index in [-0.39, 0.29) is 23.5 Å². The van der Waals surface area contributed by atoms with Gasteiger partial charge in [-0.05, 0) is 29.8 Å². The van der Waals surface area contributed by atoms with Crippen molar-refractivity contribution in [1.29, 1.82) is 0 Å². The van der Waals surface area contributed by atoms with Crippen LogP contribution in [-0.2, 0) is 21.7 Å². The lowest BCUT2D eigenvalue weighted by molar-refractivity contribution is -0.283. The predicted molar refractivity (Wildman–Crippen MR) is 97.2 cm³/mol. The number of methoxy groups -OCH3 is 1. The molecule has 8 heteroatoms. The van der Waals surface area contributed by atoms with E-state index in [1.54, 1.807) is 24.3 Å². The van der Waals surface area contributed by atoms with Gasteiger partial charge in [0.25, 0.3) is 11.5 Å². The van der Waals surface area contributed by atoms with Gasteiger partial charge in [0.15, 0.2) is 0 Å². The van der Waals surface area contributed by atoms with Crippen molar-refractivity contribution in [3.8, 4) is 5.75 Å². The van der Waals surface area contributed by atoms with Crippen molar-refractivity contribution in [3.05, 3.63) is 71.9 Å². The highest BCUT2D eigenvalue weighted by Crippen LogP contribution is 2.47. The molecule has 2 aromatic rings. The highest BCUT2D eigenvalue weighted by Gasteiger charge is 2.66. The molecule has 5 nitrogen and oxygen atoms in total. The molecule has 0 spiro atoms. The highest BCUT2D eigenvalue weighted by molar-refractivity contribution is 5.90. The Kier molecular flexibility index (Phi) is 5.08. The molecule has 1 atom stereocenters. The molecule has 2 aromatic carbocycles. The van der Waals surface area contributed by atoms with E-state index >= 15 is 0 Å². The number of halogens is 3. The van der Waals surface area contributed by atoms with Crippen molar-refractivity contribution in [1.82, 2.24) is 4.90 Å². The first kappa shape index (κ1) is 19.8. The summed E-state index contributed by atoms with van der Waals surface area (Å²) in [4.78, 5) is 14.1. The number of alkyl halides is 3. The van der Waals surface area contributed by atoms with Crippen molar-refractivity contribution in [3.63, 3.8) is 0 Å². The van der Waals surface area contributed by atoms with Crippen LogP contribution in [0.3, 0.4) is 0 Å². The largest absolute Gasteiger partial charge is 0.497 e. The van der Waals surface area contributed by atoms with E-state index in [4.69, 9.17) is 15.2 Å². The van der Waals surface area contributed by atoms with Gasteiger partial charge in [-0.15, -0.1) is 0 Å². The molecule has 0 bridgehead atoms. The van der Waals surface area contributed by atoms with Crippen LogP contribution < -0.4 is 10.5 Å². The number of hydrogen-bond acceptors (Lipinski definition) is 4. The van der Waals surface area contributed by atoms with Crippen LogP contribution in [0.15, 0.2) is 60.8 Å². The van der Waals surface area contributed by atoms with Crippen LogP contribution >= 0.6 is 0 Å². The molecule has 1 aliphatic heterocycles. The molecular formula is C20H19F3N2O3. The minimum absolute atomic E-state index is 0.0716. The first-order chi connectivity index (χ1) is 13.2. The van der Waals surface area contributed by atoms with Gasteiger partial charge in [-0.2, -0.15) is 13.2 Å². The summed E-state index contributed by atoms with van der Waals surface area (Å²) in [5.74, 6) is -0.640. The number of amides is 1. The maximum absolute atomic E-state index is 14.1. The number of rotatable bonds is 4. The Labute approximate surface area is 160 Å². The fraction of sp³-hybridized carbons (Fsp3) is 0.250. The summed E-state index contributed by atoms with van der Waals surface area (Å²) in [6.07, 6.45) is -4.97. The lowest BCUT2D eigenvalue weighted by atomic mass is 9.89. The van der Waals surface area contributed by atoms with Crippen molar-refractivity contribution >= 4 is 11.6 Å². The highest BCUT2D eigenvalue weighted by atomic mass is 19.4. The Balaban J connectivity index is 2.01. The number of nitrogen functional groups attached to an aromatic ring is 1. The van der Waals surface area contributed by atoms with Gasteiger partial charge in [0.05, 0.1) is 20.3 Å². The maximum Gasteiger partial charge on any atom is 0.431 e. The monoisotopic (exact) mass is 392 g/mol. The van der Waals surface area contributed by atoms with Gasteiger partial charge >= 0.3 is 6.18 Å².